The van der Waals surface area contributed by atoms with Gasteiger partial charge in [-0.1, -0.05) is 43.2 Å². The molecule has 16 heavy (non-hydrogen) atoms. The fraction of sp³-hybridized carbons (Fsp3) is 0.500. The molecule has 0 aliphatic heterocycles. The zero-order chi connectivity index (χ0) is 11.6. The lowest BCUT2D eigenvalue weighted by Gasteiger charge is -2.02. The lowest BCUT2D eigenvalue weighted by atomic mass is 10.1. The van der Waals surface area contributed by atoms with Gasteiger partial charge in [0.05, 0.1) is 0 Å². The lowest BCUT2D eigenvalue weighted by molar-refractivity contribution is 0.542. The Balaban J connectivity index is 1.94. The molecule has 1 atom stereocenters. The Kier molecular flexibility index (Phi) is 7.05. The molecule has 4 heteroatoms. The lowest BCUT2D eigenvalue weighted by Crippen LogP contribution is -2.17. The van der Waals surface area contributed by atoms with Gasteiger partial charge in [-0.05, 0) is 24.8 Å². The minimum absolute atomic E-state index is 0.619. The molecule has 0 aliphatic carbocycles. The van der Waals surface area contributed by atoms with Gasteiger partial charge in [0.2, 0.25) is 11.3 Å². The van der Waals surface area contributed by atoms with Crippen LogP contribution in [0.3, 0.4) is 0 Å². The van der Waals surface area contributed by atoms with Crippen molar-refractivity contribution in [1.82, 2.24) is 4.72 Å². The van der Waals surface area contributed by atoms with Crippen LogP contribution in [0.5, 0.6) is 0 Å². The second-order valence-electron chi connectivity index (χ2n) is 3.79. The van der Waals surface area contributed by atoms with Gasteiger partial charge in [-0.2, -0.15) is 0 Å². The highest BCUT2D eigenvalue weighted by Gasteiger charge is 1.94. The van der Waals surface area contributed by atoms with Gasteiger partial charge in [0.25, 0.3) is 0 Å². The molecule has 2 N–H and O–H groups in total. The van der Waals surface area contributed by atoms with Gasteiger partial charge in [0, 0.05) is 6.54 Å². The first kappa shape index (κ1) is 13.4. The van der Waals surface area contributed by atoms with E-state index in [0.717, 1.165) is 19.3 Å². The van der Waals surface area contributed by atoms with Gasteiger partial charge in [0.1, 0.15) is 0 Å². The Labute approximate surface area is 99.7 Å². The normalized spacial score (nSPS) is 12.6. The summed E-state index contributed by atoms with van der Waals surface area (Å²) in [5.41, 5.74) is 1.39. The Morgan fingerprint density at radius 1 is 1.06 bits per heavy atom. The molecule has 0 saturated carbocycles. The fourth-order valence-electron chi connectivity index (χ4n) is 1.61. The maximum Gasteiger partial charge on any atom is 0.231 e. The molecule has 0 radical (unpaired) electrons. The molecule has 0 spiro atoms. The van der Waals surface area contributed by atoms with Gasteiger partial charge in [-0.15, -0.1) is 0 Å². The molecule has 0 saturated heterocycles. The van der Waals surface area contributed by atoms with Crippen LogP contribution in [0.1, 0.15) is 31.2 Å². The number of benzene rings is 1. The standard InChI is InChI=1S/C12H19NO2S/c14-16(15)13-11-7-2-1-4-8-12-9-5-3-6-10-12/h3,5-6,9-10,13H,1-2,4,7-8,11H2,(H,14,15). The topological polar surface area (TPSA) is 49.3 Å². The molecular formula is C12H19NO2S. The number of hydrogen-bond acceptors (Lipinski definition) is 1. The molecule has 0 amide bonds. The van der Waals surface area contributed by atoms with E-state index in [1.54, 1.807) is 0 Å². The SMILES string of the molecule is O=S(O)NCCCCCCc1ccccc1. The smallest absolute Gasteiger partial charge is 0.231 e. The van der Waals surface area contributed by atoms with E-state index in [4.69, 9.17) is 4.55 Å². The summed E-state index contributed by atoms with van der Waals surface area (Å²) in [4.78, 5) is 0. The summed E-state index contributed by atoms with van der Waals surface area (Å²) in [5, 5.41) is 0. The number of hydrogen-bond donors (Lipinski definition) is 2. The average Bonchev–Trinajstić information content (AvgIpc) is 2.29. The van der Waals surface area contributed by atoms with Crippen LogP contribution in [0.25, 0.3) is 0 Å². The zero-order valence-corrected chi connectivity index (χ0v) is 10.2. The monoisotopic (exact) mass is 241 g/mol. The third-order valence-electron chi connectivity index (χ3n) is 2.46. The van der Waals surface area contributed by atoms with Crippen LogP contribution in [0.2, 0.25) is 0 Å². The summed E-state index contributed by atoms with van der Waals surface area (Å²) in [6.07, 6.45) is 5.55. The first-order valence-electron chi connectivity index (χ1n) is 5.67. The third kappa shape index (κ3) is 6.71. The van der Waals surface area contributed by atoms with E-state index in [1.807, 2.05) is 6.07 Å². The number of aryl methyl sites for hydroxylation is 1. The van der Waals surface area contributed by atoms with E-state index in [2.05, 4.69) is 29.0 Å². The van der Waals surface area contributed by atoms with Crippen molar-refractivity contribution >= 4 is 11.3 Å². The van der Waals surface area contributed by atoms with E-state index in [0.29, 0.717) is 6.54 Å². The highest BCUT2D eigenvalue weighted by molar-refractivity contribution is 7.77. The van der Waals surface area contributed by atoms with E-state index in [1.165, 1.54) is 18.4 Å². The number of rotatable bonds is 8. The summed E-state index contributed by atoms with van der Waals surface area (Å²) in [7, 11) is 0. The predicted octanol–water partition coefficient (Wildman–Crippen LogP) is 2.52. The van der Waals surface area contributed by atoms with Crippen LogP contribution in [-0.4, -0.2) is 15.3 Å². The second kappa shape index (κ2) is 8.44. The van der Waals surface area contributed by atoms with Gasteiger partial charge in [-0.3, -0.25) is 4.55 Å². The van der Waals surface area contributed by atoms with Crippen molar-refractivity contribution < 1.29 is 8.76 Å². The Bertz CT molecular complexity index is 303. The summed E-state index contributed by atoms with van der Waals surface area (Å²) in [5.74, 6) is 0. The maximum absolute atomic E-state index is 10.3. The number of nitrogens with one attached hydrogen (secondary N) is 1. The molecule has 1 unspecified atom stereocenters. The molecule has 90 valence electrons. The van der Waals surface area contributed by atoms with Crippen LogP contribution in [-0.2, 0) is 17.7 Å². The molecule has 0 aromatic heterocycles. The fourth-order valence-corrected chi connectivity index (χ4v) is 1.93. The average molecular weight is 241 g/mol. The van der Waals surface area contributed by atoms with E-state index >= 15 is 0 Å². The van der Waals surface area contributed by atoms with Crippen molar-refractivity contribution in [1.29, 1.82) is 0 Å². The molecule has 0 aliphatic rings. The van der Waals surface area contributed by atoms with Gasteiger partial charge in [-0.25, -0.2) is 8.93 Å². The Morgan fingerprint density at radius 2 is 1.75 bits per heavy atom. The van der Waals surface area contributed by atoms with Gasteiger partial charge < -0.3 is 0 Å². The number of unbranched alkanes of at least 4 members (excludes halogenated alkanes) is 3. The second-order valence-corrected chi connectivity index (χ2v) is 4.58. The van der Waals surface area contributed by atoms with Gasteiger partial charge >= 0.3 is 0 Å². The van der Waals surface area contributed by atoms with E-state index < -0.39 is 11.3 Å². The largest absolute Gasteiger partial charge is 0.294 e. The molecular weight excluding hydrogens is 222 g/mol. The first-order chi connectivity index (χ1) is 7.79. The Hall–Kier alpha value is -0.710. The van der Waals surface area contributed by atoms with Crippen LogP contribution in [0.15, 0.2) is 30.3 Å². The predicted molar refractivity (Wildman–Crippen MR) is 67.4 cm³/mol. The minimum atomic E-state index is -1.85. The molecule has 0 heterocycles. The minimum Gasteiger partial charge on any atom is -0.294 e. The van der Waals surface area contributed by atoms with Crippen LogP contribution < -0.4 is 4.72 Å². The van der Waals surface area contributed by atoms with Crippen molar-refractivity contribution in [3.63, 3.8) is 0 Å². The van der Waals surface area contributed by atoms with Crippen molar-refractivity contribution in [3.05, 3.63) is 35.9 Å². The van der Waals surface area contributed by atoms with Crippen LogP contribution in [0, 0.1) is 0 Å². The van der Waals surface area contributed by atoms with Crippen molar-refractivity contribution in [2.45, 2.75) is 32.1 Å². The van der Waals surface area contributed by atoms with Crippen LogP contribution in [0.4, 0.5) is 0 Å². The summed E-state index contributed by atoms with van der Waals surface area (Å²) in [6.45, 7) is 0.619. The van der Waals surface area contributed by atoms with Crippen molar-refractivity contribution in [2.24, 2.45) is 0 Å². The van der Waals surface area contributed by atoms with Crippen molar-refractivity contribution in [2.75, 3.05) is 6.54 Å². The maximum atomic E-state index is 10.3. The zero-order valence-electron chi connectivity index (χ0n) is 9.39. The molecule has 0 fully saturated rings. The van der Waals surface area contributed by atoms with E-state index in [-0.39, 0.29) is 0 Å². The first-order valence-corrected chi connectivity index (χ1v) is 6.78. The summed E-state index contributed by atoms with van der Waals surface area (Å²) < 4.78 is 21.2. The van der Waals surface area contributed by atoms with Crippen LogP contribution >= 0.6 is 0 Å². The third-order valence-corrected chi connectivity index (χ3v) is 2.91. The van der Waals surface area contributed by atoms with E-state index in [9.17, 15) is 4.21 Å². The summed E-state index contributed by atoms with van der Waals surface area (Å²) >= 11 is -1.85. The molecule has 0 bridgehead atoms. The molecule has 1 aromatic rings. The summed E-state index contributed by atoms with van der Waals surface area (Å²) in [6, 6.07) is 10.5. The van der Waals surface area contributed by atoms with Crippen molar-refractivity contribution in [3.8, 4) is 0 Å². The van der Waals surface area contributed by atoms with Gasteiger partial charge in [0.15, 0.2) is 0 Å². The molecule has 1 aromatic carbocycles. The molecule has 1 rings (SSSR count). The Morgan fingerprint density at radius 3 is 2.44 bits per heavy atom. The highest BCUT2D eigenvalue weighted by atomic mass is 32.2. The highest BCUT2D eigenvalue weighted by Crippen LogP contribution is 2.07. The quantitative estimate of drug-likeness (QED) is 0.543. The molecule has 3 nitrogen and oxygen atoms in total.